The van der Waals surface area contributed by atoms with Gasteiger partial charge in [0.1, 0.15) is 0 Å². The SMILES string of the molecule is CN(C1CCCCC1)S(=O)(=O)c1ccc(C(=O)O[C@H]2CCOC2=O)cc1. The molecule has 1 saturated carbocycles. The molecule has 0 aromatic heterocycles. The van der Waals surface area contributed by atoms with Crippen molar-refractivity contribution in [1.82, 2.24) is 4.31 Å². The van der Waals surface area contributed by atoms with Gasteiger partial charge in [0.05, 0.1) is 17.1 Å². The summed E-state index contributed by atoms with van der Waals surface area (Å²) in [5.74, 6) is -1.22. The third-order valence-corrected chi connectivity index (χ3v) is 6.92. The van der Waals surface area contributed by atoms with Gasteiger partial charge in [-0.05, 0) is 37.1 Å². The summed E-state index contributed by atoms with van der Waals surface area (Å²) in [7, 11) is -1.99. The average molecular weight is 381 g/mol. The quantitative estimate of drug-likeness (QED) is 0.726. The highest BCUT2D eigenvalue weighted by Crippen LogP contribution is 2.26. The van der Waals surface area contributed by atoms with Crippen molar-refractivity contribution >= 4 is 22.0 Å². The molecule has 0 spiro atoms. The van der Waals surface area contributed by atoms with Crippen LogP contribution in [0.2, 0.25) is 0 Å². The smallest absolute Gasteiger partial charge is 0.347 e. The number of carbonyl (C=O) groups is 2. The van der Waals surface area contributed by atoms with Gasteiger partial charge in [-0.2, -0.15) is 4.31 Å². The number of rotatable bonds is 5. The fourth-order valence-corrected chi connectivity index (χ4v) is 4.77. The molecule has 0 N–H and O–H groups in total. The van der Waals surface area contributed by atoms with Crippen molar-refractivity contribution in [3.63, 3.8) is 0 Å². The van der Waals surface area contributed by atoms with Gasteiger partial charge in [0.15, 0.2) is 0 Å². The van der Waals surface area contributed by atoms with E-state index in [1.54, 1.807) is 7.05 Å². The minimum absolute atomic E-state index is 0.0202. The molecule has 2 aliphatic rings. The van der Waals surface area contributed by atoms with Gasteiger partial charge in [-0.3, -0.25) is 0 Å². The zero-order chi connectivity index (χ0) is 18.7. The second-order valence-corrected chi connectivity index (χ2v) is 8.69. The van der Waals surface area contributed by atoms with Gasteiger partial charge in [-0.15, -0.1) is 0 Å². The molecule has 1 aromatic carbocycles. The lowest BCUT2D eigenvalue weighted by Gasteiger charge is -2.30. The van der Waals surface area contributed by atoms with Gasteiger partial charge in [0, 0.05) is 19.5 Å². The predicted molar refractivity (Wildman–Crippen MR) is 93.0 cm³/mol. The summed E-state index contributed by atoms with van der Waals surface area (Å²) in [5, 5.41) is 0. The molecule has 0 unspecified atom stereocenters. The van der Waals surface area contributed by atoms with Crippen LogP contribution in [0.4, 0.5) is 0 Å². The number of ether oxygens (including phenoxy) is 2. The highest BCUT2D eigenvalue weighted by atomic mass is 32.2. The monoisotopic (exact) mass is 381 g/mol. The van der Waals surface area contributed by atoms with Gasteiger partial charge in [-0.1, -0.05) is 19.3 Å². The molecule has 1 atom stereocenters. The van der Waals surface area contributed by atoms with E-state index >= 15 is 0 Å². The Hall–Kier alpha value is -1.93. The average Bonchev–Trinajstić information content (AvgIpc) is 3.06. The molecule has 0 bridgehead atoms. The zero-order valence-electron chi connectivity index (χ0n) is 14.7. The fourth-order valence-electron chi connectivity index (χ4n) is 3.35. The molecule has 1 aliphatic carbocycles. The topological polar surface area (TPSA) is 90.0 Å². The van der Waals surface area contributed by atoms with E-state index in [-0.39, 0.29) is 23.1 Å². The van der Waals surface area contributed by atoms with Gasteiger partial charge in [-0.25, -0.2) is 18.0 Å². The van der Waals surface area contributed by atoms with Crippen LogP contribution >= 0.6 is 0 Å². The lowest BCUT2D eigenvalue weighted by Crippen LogP contribution is -2.38. The van der Waals surface area contributed by atoms with E-state index in [0.717, 1.165) is 32.1 Å². The number of benzene rings is 1. The number of nitrogens with zero attached hydrogens (tertiary/aromatic N) is 1. The van der Waals surface area contributed by atoms with Crippen LogP contribution in [0, 0.1) is 0 Å². The predicted octanol–water partition coefficient (Wildman–Crippen LogP) is 2.11. The number of carbonyl (C=O) groups excluding carboxylic acids is 2. The molecule has 1 aromatic rings. The van der Waals surface area contributed by atoms with Crippen molar-refractivity contribution in [3.8, 4) is 0 Å². The summed E-state index contributed by atoms with van der Waals surface area (Å²) in [4.78, 5) is 23.6. The van der Waals surface area contributed by atoms with Crippen molar-refractivity contribution in [2.24, 2.45) is 0 Å². The molecule has 142 valence electrons. The molecular weight excluding hydrogens is 358 g/mol. The third kappa shape index (κ3) is 3.91. The van der Waals surface area contributed by atoms with Crippen molar-refractivity contribution in [3.05, 3.63) is 29.8 Å². The Morgan fingerprint density at radius 3 is 2.35 bits per heavy atom. The summed E-state index contributed by atoms with van der Waals surface area (Å²) in [6, 6.07) is 5.64. The maximum absolute atomic E-state index is 12.8. The summed E-state index contributed by atoms with van der Waals surface area (Å²) in [6.45, 7) is 0.238. The molecule has 1 aliphatic heterocycles. The lowest BCUT2D eigenvalue weighted by atomic mass is 9.96. The second-order valence-electron chi connectivity index (χ2n) is 6.69. The number of sulfonamides is 1. The van der Waals surface area contributed by atoms with E-state index in [4.69, 9.17) is 9.47 Å². The van der Waals surface area contributed by atoms with Crippen LogP contribution in [0.25, 0.3) is 0 Å². The van der Waals surface area contributed by atoms with E-state index in [0.29, 0.717) is 6.42 Å². The first-order valence-corrected chi connectivity index (χ1v) is 10.3. The molecule has 8 heteroatoms. The third-order valence-electron chi connectivity index (χ3n) is 4.99. The molecule has 0 amide bonds. The number of cyclic esters (lactones) is 1. The Balaban J connectivity index is 1.69. The normalized spacial score (nSPS) is 21.6. The fraction of sp³-hybridized carbons (Fsp3) is 0.556. The molecule has 7 nitrogen and oxygen atoms in total. The highest BCUT2D eigenvalue weighted by Gasteiger charge is 2.31. The maximum atomic E-state index is 12.8. The second kappa shape index (κ2) is 7.75. The van der Waals surface area contributed by atoms with E-state index < -0.39 is 28.1 Å². The minimum Gasteiger partial charge on any atom is -0.463 e. The summed E-state index contributed by atoms with van der Waals surface area (Å²) < 4.78 is 36.9. The van der Waals surface area contributed by atoms with Crippen LogP contribution in [-0.2, 0) is 24.3 Å². The van der Waals surface area contributed by atoms with Crippen molar-refractivity contribution in [2.45, 2.75) is 55.6 Å². The molecule has 3 rings (SSSR count). The van der Waals surface area contributed by atoms with Gasteiger partial charge >= 0.3 is 11.9 Å². The van der Waals surface area contributed by atoms with E-state index in [1.807, 2.05) is 0 Å². The Morgan fingerprint density at radius 1 is 1.12 bits per heavy atom. The summed E-state index contributed by atoms with van der Waals surface area (Å²) in [5.41, 5.74) is 0.198. The zero-order valence-corrected chi connectivity index (χ0v) is 15.5. The Labute approximate surface area is 153 Å². The molecule has 1 saturated heterocycles. The first-order valence-electron chi connectivity index (χ1n) is 8.85. The number of hydrogen-bond acceptors (Lipinski definition) is 6. The van der Waals surface area contributed by atoms with E-state index in [2.05, 4.69) is 0 Å². The Morgan fingerprint density at radius 2 is 1.77 bits per heavy atom. The van der Waals surface area contributed by atoms with Crippen molar-refractivity contribution in [2.75, 3.05) is 13.7 Å². The van der Waals surface area contributed by atoms with Crippen LogP contribution in [0.5, 0.6) is 0 Å². The van der Waals surface area contributed by atoms with Gasteiger partial charge in [0.25, 0.3) is 0 Å². The maximum Gasteiger partial charge on any atom is 0.347 e. The van der Waals surface area contributed by atoms with Crippen molar-refractivity contribution in [1.29, 1.82) is 0 Å². The van der Waals surface area contributed by atoms with Crippen LogP contribution in [-0.4, -0.2) is 50.5 Å². The van der Waals surface area contributed by atoms with Crippen LogP contribution in [0.15, 0.2) is 29.2 Å². The first kappa shape index (κ1) is 18.8. The largest absolute Gasteiger partial charge is 0.463 e. The Bertz CT molecular complexity index is 767. The molecule has 1 heterocycles. The first-order chi connectivity index (χ1) is 12.4. The summed E-state index contributed by atoms with van der Waals surface area (Å²) >= 11 is 0. The lowest BCUT2D eigenvalue weighted by molar-refractivity contribution is -0.145. The van der Waals surface area contributed by atoms with E-state index in [9.17, 15) is 18.0 Å². The van der Waals surface area contributed by atoms with Gasteiger partial charge in [0.2, 0.25) is 16.1 Å². The summed E-state index contributed by atoms with van der Waals surface area (Å²) in [6.07, 6.45) is 4.43. The molecule has 26 heavy (non-hydrogen) atoms. The standard InChI is InChI=1S/C18H23NO6S/c1-19(14-5-3-2-4-6-14)26(22,23)15-9-7-13(8-10-15)17(20)25-16-11-12-24-18(16)21/h7-10,14,16H,2-6,11-12H2,1H3/t16-/m0/s1. The van der Waals surface area contributed by atoms with Crippen LogP contribution < -0.4 is 0 Å². The minimum atomic E-state index is -3.61. The van der Waals surface area contributed by atoms with Crippen LogP contribution in [0.1, 0.15) is 48.9 Å². The number of hydrogen-bond donors (Lipinski definition) is 0. The molecule has 0 radical (unpaired) electrons. The number of esters is 2. The molecule has 2 fully saturated rings. The van der Waals surface area contributed by atoms with Gasteiger partial charge < -0.3 is 9.47 Å². The van der Waals surface area contributed by atoms with Crippen molar-refractivity contribution < 1.29 is 27.5 Å². The van der Waals surface area contributed by atoms with Crippen LogP contribution in [0.3, 0.4) is 0 Å². The molecular formula is C18H23NO6S. The Kier molecular flexibility index (Phi) is 5.62. The van der Waals surface area contributed by atoms with E-state index in [1.165, 1.54) is 28.6 Å². The highest BCUT2D eigenvalue weighted by molar-refractivity contribution is 7.89.